The Morgan fingerprint density at radius 1 is 1.00 bits per heavy atom. The topological polar surface area (TPSA) is 129 Å². The number of amides is 2. The Balaban J connectivity index is 1.34. The third-order valence-electron chi connectivity index (χ3n) is 5.68. The second-order valence-electron chi connectivity index (χ2n) is 8.60. The summed E-state index contributed by atoms with van der Waals surface area (Å²) in [5.74, 6) is -1.31. The Morgan fingerprint density at radius 2 is 1.68 bits per heavy atom. The highest BCUT2D eigenvalue weighted by molar-refractivity contribution is 5.95. The van der Waals surface area contributed by atoms with Crippen LogP contribution in [0.2, 0.25) is 0 Å². The molecule has 1 aliphatic heterocycles. The van der Waals surface area contributed by atoms with Crippen molar-refractivity contribution in [1.82, 2.24) is 10.6 Å². The lowest BCUT2D eigenvalue weighted by atomic mass is 10.1. The maximum atomic E-state index is 13.2. The van der Waals surface area contributed by atoms with Crippen LogP contribution in [0, 0.1) is 0 Å². The molecule has 0 radical (unpaired) electrons. The molecule has 0 unspecified atom stereocenters. The summed E-state index contributed by atoms with van der Waals surface area (Å²) in [4.78, 5) is 25.1. The van der Waals surface area contributed by atoms with Gasteiger partial charge >= 0.3 is 12.3 Å². The van der Waals surface area contributed by atoms with Gasteiger partial charge in [0.25, 0.3) is 5.91 Å². The first-order valence-electron chi connectivity index (χ1n) is 11.5. The molecule has 4 rings (SSSR count). The number of alkyl carbamates (subject to hydrolysis) is 1. The molecule has 38 heavy (non-hydrogen) atoms. The third kappa shape index (κ3) is 6.65. The molecule has 0 saturated carbocycles. The number of benzene rings is 3. The van der Waals surface area contributed by atoms with E-state index in [4.69, 9.17) is 9.47 Å². The average molecular weight is 531 g/mol. The summed E-state index contributed by atoms with van der Waals surface area (Å²) in [5, 5.41) is 27.1. The summed E-state index contributed by atoms with van der Waals surface area (Å²) >= 11 is 0. The average Bonchev–Trinajstić information content (AvgIpc) is 3.30. The molecule has 2 amide bonds. The van der Waals surface area contributed by atoms with Crippen LogP contribution in [-0.2, 0) is 22.2 Å². The third-order valence-corrected chi connectivity index (χ3v) is 5.68. The summed E-state index contributed by atoms with van der Waals surface area (Å²) in [6.07, 6.45) is -5.16. The number of phenols is 2. The second-order valence-corrected chi connectivity index (χ2v) is 8.60. The van der Waals surface area contributed by atoms with Crippen molar-refractivity contribution < 1.29 is 42.4 Å². The fraction of sp³-hybridized carbons (Fsp3) is 0.231. The summed E-state index contributed by atoms with van der Waals surface area (Å²) in [5.41, 5.74) is -1.29. The highest BCUT2D eigenvalue weighted by atomic mass is 19.4. The minimum Gasteiger partial charge on any atom is -0.508 e. The molecular formula is C26H24F3N3O6. The highest BCUT2D eigenvalue weighted by Gasteiger charge is 2.41. The van der Waals surface area contributed by atoms with Crippen LogP contribution in [0.5, 0.6) is 11.5 Å². The van der Waals surface area contributed by atoms with E-state index in [2.05, 4.69) is 16.0 Å². The molecule has 3 aromatic carbocycles. The molecule has 1 aliphatic rings. The number of rotatable bonds is 7. The first-order valence-corrected chi connectivity index (χ1v) is 11.5. The number of halogens is 3. The van der Waals surface area contributed by atoms with Gasteiger partial charge in [0.2, 0.25) is 5.72 Å². The smallest absolute Gasteiger partial charge is 0.418 e. The highest BCUT2D eigenvalue weighted by Crippen LogP contribution is 2.35. The second kappa shape index (κ2) is 10.9. The molecule has 0 spiro atoms. The van der Waals surface area contributed by atoms with Crippen molar-refractivity contribution in [3.05, 3.63) is 83.4 Å². The van der Waals surface area contributed by atoms with Gasteiger partial charge in [0.1, 0.15) is 18.1 Å². The summed E-state index contributed by atoms with van der Waals surface area (Å²) in [6, 6.07) is 14.9. The van der Waals surface area contributed by atoms with Gasteiger partial charge in [0.05, 0.1) is 17.9 Å². The van der Waals surface area contributed by atoms with E-state index in [1.807, 2.05) is 0 Å². The van der Waals surface area contributed by atoms with Crippen molar-refractivity contribution in [3.63, 3.8) is 0 Å². The van der Waals surface area contributed by atoms with E-state index < -0.39 is 29.5 Å². The maximum Gasteiger partial charge on any atom is 0.418 e. The zero-order valence-corrected chi connectivity index (χ0v) is 19.8. The Kier molecular flexibility index (Phi) is 7.62. The number of ether oxygens (including phenoxy) is 2. The Hall–Kier alpha value is -4.45. The maximum absolute atomic E-state index is 13.2. The zero-order valence-electron chi connectivity index (χ0n) is 19.8. The number of para-hydroxylation sites is 1. The number of carbonyl (C=O) groups is 2. The van der Waals surface area contributed by atoms with Crippen LogP contribution >= 0.6 is 0 Å². The Bertz CT molecular complexity index is 1290. The van der Waals surface area contributed by atoms with Crippen molar-refractivity contribution in [2.24, 2.45) is 0 Å². The first kappa shape index (κ1) is 26.6. The van der Waals surface area contributed by atoms with Crippen molar-refractivity contribution in [2.75, 3.05) is 18.5 Å². The summed E-state index contributed by atoms with van der Waals surface area (Å²) in [7, 11) is 0. The normalized spacial score (nSPS) is 17.0. The lowest BCUT2D eigenvalue weighted by molar-refractivity contribution is -0.136. The lowest BCUT2D eigenvalue weighted by Crippen LogP contribution is -2.53. The van der Waals surface area contributed by atoms with E-state index in [9.17, 15) is 33.0 Å². The van der Waals surface area contributed by atoms with E-state index in [1.54, 1.807) is 24.3 Å². The molecule has 1 atom stereocenters. The number of anilines is 2. The van der Waals surface area contributed by atoms with Crippen LogP contribution in [0.15, 0.2) is 66.7 Å². The van der Waals surface area contributed by atoms with E-state index in [1.165, 1.54) is 18.2 Å². The molecule has 1 saturated heterocycles. The molecule has 1 heterocycles. The van der Waals surface area contributed by atoms with Gasteiger partial charge in [-0.05, 0) is 42.0 Å². The molecule has 0 aromatic heterocycles. The van der Waals surface area contributed by atoms with Crippen molar-refractivity contribution in [1.29, 1.82) is 0 Å². The number of phenolic OH excluding ortho intramolecular Hbond substituents is 2. The summed E-state index contributed by atoms with van der Waals surface area (Å²) in [6.45, 7) is 0.172. The van der Waals surface area contributed by atoms with Gasteiger partial charge in [0, 0.05) is 30.3 Å². The monoisotopic (exact) mass is 531 g/mol. The quantitative estimate of drug-likeness (QED) is 0.281. The molecule has 3 aromatic rings. The van der Waals surface area contributed by atoms with E-state index in [0.29, 0.717) is 11.3 Å². The molecule has 0 aliphatic carbocycles. The zero-order chi connectivity index (χ0) is 27.3. The Morgan fingerprint density at radius 3 is 2.32 bits per heavy atom. The molecular weight excluding hydrogens is 507 g/mol. The number of hydrogen-bond acceptors (Lipinski definition) is 7. The van der Waals surface area contributed by atoms with Gasteiger partial charge < -0.3 is 35.6 Å². The van der Waals surface area contributed by atoms with Crippen LogP contribution < -0.4 is 16.0 Å². The SMILES string of the molecule is O=C(NCc1ccc(Nc2ccccc2C(F)(F)F)cc1)O[C@@]1(NC(=O)c2cc(O)cc(O)c2)CCOC1. The van der Waals surface area contributed by atoms with Gasteiger partial charge in [-0.2, -0.15) is 13.2 Å². The fourth-order valence-electron chi connectivity index (χ4n) is 3.84. The van der Waals surface area contributed by atoms with Gasteiger partial charge in [-0.25, -0.2) is 4.79 Å². The van der Waals surface area contributed by atoms with Gasteiger partial charge in [0.15, 0.2) is 0 Å². The number of carbonyl (C=O) groups excluding carboxylic acids is 2. The minimum absolute atomic E-state index is 0.0376. The first-order chi connectivity index (χ1) is 18.0. The molecule has 5 N–H and O–H groups in total. The van der Waals surface area contributed by atoms with Crippen LogP contribution in [0.3, 0.4) is 0 Å². The molecule has 1 fully saturated rings. The van der Waals surface area contributed by atoms with Crippen LogP contribution in [0.1, 0.15) is 27.9 Å². The van der Waals surface area contributed by atoms with Gasteiger partial charge in [-0.15, -0.1) is 0 Å². The van der Waals surface area contributed by atoms with Crippen molar-refractivity contribution >= 4 is 23.4 Å². The van der Waals surface area contributed by atoms with Crippen LogP contribution in [0.25, 0.3) is 0 Å². The van der Waals surface area contributed by atoms with Crippen molar-refractivity contribution in [3.8, 4) is 11.5 Å². The van der Waals surface area contributed by atoms with E-state index in [-0.39, 0.29) is 48.9 Å². The fourth-order valence-corrected chi connectivity index (χ4v) is 3.84. The standard InChI is InChI=1S/C26H24F3N3O6/c27-26(28,29)21-3-1-2-4-22(21)31-18-7-5-16(6-8-18)14-30-24(36)38-25(9-10-37-15-25)32-23(35)17-11-19(33)13-20(34)12-17/h1-8,11-13,31,33-34H,9-10,14-15H2,(H,30,36)(H,32,35)/t25-/m0/s1. The molecule has 12 heteroatoms. The summed E-state index contributed by atoms with van der Waals surface area (Å²) < 4.78 is 50.4. The Labute approximate surface area is 215 Å². The number of nitrogens with one attached hydrogen (secondary N) is 3. The number of hydrogen-bond donors (Lipinski definition) is 5. The predicted octanol–water partition coefficient (Wildman–Crippen LogP) is 4.63. The number of aromatic hydroxyl groups is 2. The van der Waals surface area contributed by atoms with Gasteiger partial charge in [-0.3, -0.25) is 4.79 Å². The largest absolute Gasteiger partial charge is 0.508 e. The molecule has 0 bridgehead atoms. The molecule has 9 nitrogen and oxygen atoms in total. The van der Waals surface area contributed by atoms with Gasteiger partial charge in [-0.1, -0.05) is 24.3 Å². The minimum atomic E-state index is -4.50. The number of alkyl halides is 3. The van der Waals surface area contributed by atoms with Crippen molar-refractivity contribution in [2.45, 2.75) is 24.9 Å². The lowest BCUT2D eigenvalue weighted by Gasteiger charge is -2.28. The molecule has 200 valence electrons. The van der Waals surface area contributed by atoms with E-state index in [0.717, 1.165) is 24.3 Å². The van der Waals surface area contributed by atoms with Crippen LogP contribution in [0.4, 0.5) is 29.3 Å². The van der Waals surface area contributed by atoms with Crippen LogP contribution in [-0.4, -0.2) is 41.2 Å². The van der Waals surface area contributed by atoms with E-state index >= 15 is 0 Å². The predicted molar refractivity (Wildman–Crippen MR) is 130 cm³/mol.